The van der Waals surface area contributed by atoms with Gasteiger partial charge in [-0.3, -0.25) is 4.90 Å². The molecule has 0 aromatic heterocycles. The van der Waals surface area contributed by atoms with Crippen LogP contribution in [0.4, 0.5) is 0 Å². The van der Waals surface area contributed by atoms with Crippen LogP contribution in [-0.4, -0.2) is 55.2 Å². The summed E-state index contributed by atoms with van der Waals surface area (Å²) in [4.78, 5) is 2.25. The molecule has 0 aromatic carbocycles. The minimum Gasteiger partial charge on any atom is -0.392 e. The number of hydrogen-bond acceptors (Lipinski definition) is 4. The number of nitrogens with zero attached hydrogens (tertiary/aromatic N) is 1. The largest absolute Gasteiger partial charge is 0.392 e. The first-order chi connectivity index (χ1) is 8.71. The Morgan fingerprint density at radius 1 is 1.37 bits per heavy atom. The highest BCUT2D eigenvalue weighted by Gasteiger charge is 2.39. The Balaban J connectivity index is 1.98. The Labute approximate surface area is 117 Å². The lowest BCUT2D eigenvalue weighted by Crippen LogP contribution is -2.52. The molecule has 2 rings (SSSR count). The molecule has 1 aliphatic carbocycles. The molecule has 1 saturated carbocycles. The lowest BCUT2D eigenvalue weighted by Gasteiger charge is -2.44. The van der Waals surface area contributed by atoms with Gasteiger partial charge in [0.05, 0.1) is 17.6 Å². The second-order valence-corrected chi connectivity index (χ2v) is 9.27. The molecule has 0 spiro atoms. The van der Waals surface area contributed by atoms with E-state index in [9.17, 15) is 13.5 Å². The number of aliphatic hydroxyl groups excluding tert-OH is 1. The van der Waals surface area contributed by atoms with Crippen LogP contribution in [0.1, 0.15) is 40.0 Å². The van der Waals surface area contributed by atoms with Gasteiger partial charge in [-0.15, -0.1) is 0 Å². The van der Waals surface area contributed by atoms with Crippen molar-refractivity contribution in [2.75, 3.05) is 24.6 Å². The molecule has 5 heteroatoms. The van der Waals surface area contributed by atoms with Crippen LogP contribution >= 0.6 is 0 Å². The zero-order chi connectivity index (χ0) is 14.3. The van der Waals surface area contributed by atoms with Gasteiger partial charge in [0.1, 0.15) is 0 Å². The highest BCUT2D eigenvalue weighted by molar-refractivity contribution is 7.91. The SMILES string of the molecule is CC1CS(=O)(=O)CCN1CC1CCCC(C)(C)C1O. The minimum atomic E-state index is -2.85. The van der Waals surface area contributed by atoms with Crippen molar-refractivity contribution >= 4 is 9.84 Å². The van der Waals surface area contributed by atoms with Crippen molar-refractivity contribution in [2.45, 2.75) is 52.2 Å². The minimum absolute atomic E-state index is 0.00593. The van der Waals surface area contributed by atoms with Crippen molar-refractivity contribution in [3.05, 3.63) is 0 Å². The van der Waals surface area contributed by atoms with E-state index in [0.717, 1.165) is 25.8 Å². The van der Waals surface area contributed by atoms with Crippen molar-refractivity contribution in [1.29, 1.82) is 0 Å². The Kier molecular flexibility index (Phi) is 4.29. The van der Waals surface area contributed by atoms with Crippen molar-refractivity contribution in [1.82, 2.24) is 4.90 Å². The maximum absolute atomic E-state index is 11.6. The fraction of sp³-hybridized carbons (Fsp3) is 1.00. The van der Waals surface area contributed by atoms with E-state index in [1.54, 1.807) is 0 Å². The van der Waals surface area contributed by atoms with E-state index in [-0.39, 0.29) is 35.0 Å². The summed E-state index contributed by atoms with van der Waals surface area (Å²) in [6.45, 7) is 7.70. The standard InChI is InChI=1S/C14H27NO3S/c1-11-10-19(17,18)8-7-15(11)9-12-5-4-6-14(2,3)13(12)16/h11-13,16H,4-10H2,1-3H3. The molecular formula is C14H27NO3S. The summed E-state index contributed by atoms with van der Waals surface area (Å²) in [6.07, 6.45) is 3.02. The van der Waals surface area contributed by atoms with Crippen molar-refractivity contribution in [3.63, 3.8) is 0 Å². The Morgan fingerprint density at radius 3 is 2.68 bits per heavy atom. The number of aliphatic hydroxyl groups is 1. The fourth-order valence-electron chi connectivity index (χ4n) is 3.56. The van der Waals surface area contributed by atoms with Crippen LogP contribution in [0.2, 0.25) is 0 Å². The highest BCUT2D eigenvalue weighted by Crippen LogP contribution is 2.39. The van der Waals surface area contributed by atoms with Gasteiger partial charge in [-0.2, -0.15) is 0 Å². The summed E-state index contributed by atoms with van der Waals surface area (Å²) in [5.41, 5.74) is -0.00593. The maximum Gasteiger partial charge on any atom is 0.153 e. The normalized spacial score (nSPS) is 39.1. The van der Waals surface area contributed by atoms with Crippen LogP contribution in [0.5, 0.6) is 0 Å². The molecule has 19 heavy (non-hydrogen) atoms. The monoisotopic (exact) mass is 289 g/mol. The summed E-state index contributed by atoms with van der Waals surface area (Å²) in [5, 5.41) is 10.5. The van der Waals surface area contributed by atoms with Gasteiger partial charge in [-0.05, 0) is 31.1 Å². The van der Waals surface area contributed by atoms with Gasteiger partial charge in [0.15, 0.2) is 9.84 Å². The average molecular weight is 289 g/mol. The summed E-state index contributed by atoms with van der Waals surface area (Å²) >= 11 is 0. The number of sulfone groups is 1. The first kappa shape index (κ1) is 15.3. The van der Waals surface area contributed by atoms with Gasteiger partial charge in [0.25, 0.3) is 0 Å². The molecule has 0 aromatic rings. The van der Waals surface area contributed by atoms with E-state index in [2.05, 4.69) is 18.7 Å². The summed E-state index contributed by atoms with van der Waals surface area (Å²) in [6, 6.07) is 0.0796. The van der Waals surface area contributed by atoms with Crippen LogP contribution in [0.25, 0.3) is 0 Å². The average Bonchev–Trinajstić information content (AvgIpc) is 2.27. The van der Waals surface area contributed by atoms with Crippen LogP contribution in [-0.2, 0) is 9.84 Å². The highest BCUT2D eigenvalue weighted by atomic mass is 32.2. The van der Waals surface area contributed by atoms with E-state index in [4.69, 9.17) is 0 Å². The zero-order valence-corrected chi connectivity index (χ0v) is 13.1. The van der Waals surface area contributed by atoms with Gasteiger partial charge in [0.2, 0.25) is 0 Å². The van der Waals surface area contributed by atoms with Gasteiger partial charge in [0, 0.05) is 19.1 Å². The van der Waals surface area contributed by atoms with Crippen molar-refractivity contribution in [2.24, 2.45) is 11.3 Å². The predicted octanol–water partition coefficient (Wildman–Crippen LogP) is 1.29. The first-order valence-electron chi connectivity index (χ1n) is 7.34. The smallest absolute Gasteiger partial charge is 0.153 e. The molecule has 1 heterocycles. The fourth-order valence-corrected chi connectivity index (χ4v) is 5.19. The van der Waals surface area contributed by atoms with E-state index >= 15 is 0 Å². The Morgan fingerprint density at radius 2 is 2.05 bits per heavy atom. The van der Waals surface area contributed by atoms with Crippen LogP contribution in [0.3, 0.4) is 0 Å². The number of rotatable bonds is 2. The molecule has 0 radical (unpaired) electrons. The summed E-state index contributed by atoms with van der Waals surface area (Å²) in [5.74, 6) is 0.815. The molecule has 2 aliphatic rings. The molecule has 3 unspecified atom stereocenters. The van der Waals surface area contributed by atoms with Gasteiger partial charge < -0.3 is 5.11 Å². The van der Waals surface area contributed by atoms with Crippen LogP contribution in [0, 0.1) is 11.3 Å². The second kappa shape index (κ2) is 5.34. The van der Waals surface area contributed by atoms with E-state index in [1.807, 2.05) is 6.92 Å². The molecule has 1 saturated heterocycles. The molecular weight excluding hydrogens is 262 g/mol. The van der Waals surface area contributed by atoms with E-state index < -0.39 is 9.84 Å². The Bertz CT molecular complexity index is 418. The third kappa shape index (κ3) is 3.50. The van der Waals surface area contributed by atoms with Crippen molar-refractivity contribution < 1.29 is 13.5 Å². The Hall–Kier alpha value is -0.130. The topological polar surface area (TPSA) is 57.6 Å². The van der Waals surface area contributed by atoms with Gasteiger partial charge in [-0.25, -0.2) is 8.42 Å². The zero-order valence-electron chi connectivity index (χ0n) is 12.3. The summed E-state index contributed by atoms with van der Waals surface area (Å²) < 4.78 is 23.2. The molecule has 4 nitrogen and oxygen atoms in total. The number of hydrogen-bond donors (Lipinski definition) is 1. The van der Waals surface area contributed by atoms with Crippen molar-refractivity contribution in [3.8, 4) is 0 Å². The first-order valence-corrected chi connectivity index (χ1v) is 9.16. The second-order valence-electron chi connectivity index (χ2n) is 7.04. The third-order valence-electron chi connectivity index (χ3n) is 4.92. The third-order valence-corrected chi connectivity index (χ3v) is 6.72. The van der Waals surface area contributed by atoms with Crippen LogP contribution in [0.15, 0.2) is 0 Å². The molecule has 0 amide bonds. The molecule has 112 valence electrons. The van der Waals surface area contributed by atoms with Gasteiger partial charge in [-0.1, -0.05) is 20.3 Å². The van der Waals surface area contributed by atoms with Gasteiger partial charge >= 0.3 is 0 Å². The van der Waals surface area contributed by atoms with E-state index in [1.165, 1.54) is 0 Å². The van der Waals surface area contributed by atoms with Crippen LogP contribution < -0.4 is 0 Å². The lowest BCUT2D eigenvalue weighted by atomic mass is 9.69. The lowest BCUT2D eigenvalue weighted by molar-refractivity contribution is -0.0452. The van der Waals surface area contributed by atoms with E-state index in [0.29, 0.717) is 6.54 Å². The molecule has 1 N–H and O–H groups in total. The predicted molar refractivity (Wildman–Crippen MR) is 76.8 cm³/mol. The molecule has 2 fully saturated rings. The summed E-state index contributed by atoms with van der Waals surface area (Å²) in [7, 11) is -2.85. The maximum atomic E-state index is 11.6. The molecule has 1 aliphatic heterocycles. The quantitative estimate of drug-likeness (QED) is 0.832. The molecule has 3 atom stereocenters. The molecule has 0 bridgehead atoms.